The molecule has 0 radical (unpaired) electrons. The molecule has 7 unspecified atom stereocenters. The van der Waals surface area contributed by atoms with E-state index in [2.05, 4.69) is 0 Å². The first-order valence-electron chi connectivity index (χ1n) is 10.9. The molecule has 224 valence electrons. The van der Waals surface area contributed by atoms with Crippen molar-refractivity contribution in [1.29, 1.82) is 0 Å². The van der Waals surface area contributed by atoms with Crippen molar-refractivity contribution in [3.05, 3.63) is 0 Å². The van der Waals surface area contributed by atoms with E-state index in [1.165, 1.54) is 48.5 Å². The summed E-state index contributed by atoms with van der Waals surface area (Å²) in [5.41, 5.74) is 0. The molecule has 0 aromatic rings. The topological polar surface area (TPSA) is 283 Å². The average Bonchev–Trinajstić information content (AvgIpc) is 2.80. The molecule has 35 heavy (non-hydrogen) atoms. The zero-order valence-corrected chi connectivity index (χ0v) is 22.3. The fourth-order valence-electron chi connectivity index (χ4n) is 0. The molecule has 14 heteroatoms. The van der Waals surface area contributed by atoms with Crippen LogP contribution in [-0.4, -0.2) is 160 Å². The van der Waals surface area contributed by atoms with Gasteiger partial charge in [0.1, 0.15) is 0 Å². The second-order valence-electron chi connectivity index (χ2n) is 7.22. The zero-order valence-electron chi connectivity index (χ0n) is 22.3. The summed E-state index contributed by atoms with van der Waals surface area (Å²) in [5, 5.41) is 112. The van der Waals surface area contributed by atoms with Crippen LogP contribution in [0.3, 0.4) is 0 Å². The van der Waals surface area contributed by atoms with Crippen LogP contribution >= 0.6 is 0 Å². The Morgan fingerprint density at radius 1 is 0.257 bits per heavy atom. The Hall–Kier alpha value is -0.560. The fraction of sp³-hybridized carbons (Fsp3) is 1.00. The van der Waals surface area contributed by atoms with E-state index in [0.29, 0.717) is 0 Å². The van der Waals surface area contributed by atoms with Crippen LogP contribution in [-0.2, 0) is 0 Å². The summed E-state index contributed by atoms with van der Waals surface area (Å²) in [4.78, 5) is 0. The molecule has 0 saturated carbocycles. The quantitative estimate of drug-likeness (QED) is 0.147. The van der Waals surface area contributed by atoms with Crippen LogP contribution in [0.2, 0.25) is 0 Å². The predicted molar refractivity (Wildman–Crippen MR) is 131 cm³/mol. The Bertz CT molecular complexity index is 211. The maximum atomic E-state index is 8.11. The van der Waals surface area contributed by atoms with Crippen molar-refractivity contribution in [2.45, 2.75) is 91.2 Å². The first-order valence-corrected chi connectivity index (χ1v) is 10.9. The van der Waals surface area contributed by atoms with Gasteiger partial charge in [-0.2, -0.15) is 0 Å². The lowest BCUT2D eigenvalue weighted by Gasteiger charge is -1.90. The Morgan fingerprint density at radius 3 is 0.286 bits per heavy atom. The Kier molecular flexibility index (Phi) is 68.3. The lowest BCUT2D eigenvalue weighted by atomic mass is 10.5. The molecular weight excluding hydrogens is 476 g/mol. The van der Waals surface area contributed by atoms with E-state index in [0.717, 1.165) is 0 Å². The van der Waals surface area contributed by atoms with E-state index < -0.39 is 42.7 Å². The van der Waals surface area contributed by atoms with E-state index in [9.17, 15) is 0 Å². The molecule has 0 bridgehead atoms. The van der Waals surface area contributed by atoms with E-state index in [1.54, 1.807) is 0 Å². The smallest absolute Gasteiger partial charge is 0.0742 e. The Labute approximate surface area is 209 Å². The molecule has 0 rings (SSSR count). The zero-order chi connectivity index (χ0) is 30.0. The summed E-state index contributed by atoms with van der Waals surface area (Å²) in [6, 6.07) is 0. The minimum atomic E-state index is -0.560. The lowest BCUT2D eigenvalue weighted by Crippen LogP contribution is -2.03. The van der Waals surface area contributed by atoms with Crippen molar-refractivity contribution in [3.8, 4) is 0 Å². The highest BCUT2D eigenvalue weighted by Crippen LogP contribution is 1.71. The summed E-state index contributed by atoms with van der Waals surface area (Å²) in [5.74, 6) is 0. The highest BCUT2D eigenvalue weighted by Gasteiger charge is 1.85. The normalized spacial score (nSPS) is 15.0. The molecule has 0 saturated heterocycles. The van der Waals surface area contributed by atoms with Gasteiger partial charge < -0.3 is 71.5 Å². The summed E-state index contributed by atoms with van der Waals surface area (Å²) < 4.78 is 0. The standard InChI is InChI=1S/7C3H8O2/c7*1-3(5)2-4/h7*3-5H,2H2,1H3. The minimum Gasteiger partial charge on any atom is -0.394 e. The molecular formula is C21H56O14. The van der Waals surface area contributed by atoms with Crippen LogP contribution in [0.25, 0.3) is 0 Å². The van der Waals surface area contributed by atoms with Crippen molar-refractivity contribution in [1.82, 2.24) is 0 Å². The van der Waals surface area contributed by atoms with Crippen LogP contribution in [0.4, 0.5) is 0 Å². The van der Waals surface area contributed by atoms with Gasteiger partial charge in [0, 0.05) is 0 Å². The van der Waals surface area contributed by atoms with Crippen molar-refractivity contribution >= 4 is 0 Å². The van der Waals surface area contributed by atoms with Gasteiger partial charge in [0.2, 0.25) is 0 Å². The van der Waals surface area contributed by atoms with Gasteiger partial charge in [-0.15, -0.1) is 0 Å². The summed E-state index contributed by atoms with van der Waals surface area (Å²) >= 11 is 0. The molecule has 0 aliphatic heterocycles. The molecule has 0 fully saturated rings. The number of aliphatic hydroxyl groups is 14. The van der Waals surface area contributed by atoms with Crippen molar-refractivity contribution in [2.24, 2.45) is 0 Å². The number of aliphatic hydroxyl groups excluding tert-OH is 14. The Morgan fingerprint density at radius 2 is 0.286 bits per heavy atom. The summed E-state index contributed by atoms with van der Waals surface area (Å²) in [6.45, 7) is 9.72. The molecule has 0 aliphatic carbocycles. The van der Waals surface area contributed by atoms with Gasteiger partial charge in [-0.05, 0) is 48.5 Å². The second kappa shape index (κ2) is 46.7. The van der Waals surface area contributed by atoms with Crippen LogP contribution in [0.15, 0.2) is 0 Å². The highest BCUT2D eigenvalue weighted by atomic mass is 16.3. The van der Waals surface area contributed by atoms with Gasteiger partial charge >= 0.3 is 0 Å². The number of hydrogen-bond donors (Lipinski definition) is 14. The maximum Gasteiger partial charge on any atom is 0.0742 e. The second-order valence-corrected chi connectivity index (χ2v) is 7.22. The summed E-state index contributed by atoms with van der Waals surface area (Å²) in [6.07, 6.45) is -3.92. The third-order valence-corrected chi connectivity index (χ3v) is 1.85. The first-order chi connectivity index (χ1) is 15.9. The van der Waals surface area contributed by atoms with Crippen LogP contribution < -0.4 is 0 Å². The molecule has 0 aromatic carbocycles. The van der Waals surface area contributed by atoms with Crippen molar-refractivity contribution in [3.63, 3.8) is 0 Å². The Balaban J connectivity index is -0.0000000523. The molecule has 7 atom stereocenters. The first kappa shape index (κ1) is 51.1. The molecule has 0 amide bonds. The van der Waals surface area contributed by atoms with Crippen LogP contribution in [0.1, 0.15) is 48.5 Å². The van der Waals surface area contributed by atoms with Gasteiger partial charge in [0.25, 0.3) is 0 Å². The van der Waals surface area contributed by atoms with E-state index in [-0.39, 0.29) is 46.2 Å². The molecule has 0 spiro atoms. The van der Waals surface area contributed by atoms with Gasteiger partial charge in [-0.25, -0.2) is 0 Å². The lowest BCUT2D eigenvalue weighted by molar-refractivity contribution is 0.110. The molecule has 0 aromatic heterocycles. The van der Waals surface area contributed by atoms with E-state index in [1.807, 2.05) is 0 Å². The fourth-order valence-corrected chi connectivity index (χ4v) is 0. The monoisotopic (exact) mass is 532 g/mol. The van der Waals surface area contributed by atoms with E-state index >= 15 is 0 Å². The van der Waals surface area contributed by atoms with Crippen molar-refractivity contribution < 1.29 is 71.5 Å². The van der Waals surface area contributed by atoms with Gasteiger partial charge in [0.05, 0.1) is 89.0 Å². The molecule has 0 heterocycles. The van der Waals surface area contributed by atoms with Gasteiger partial charge in [-0.1, -0.05) is 0 Å². The third kappa shape index (κ3) is 183. The highest BCUT2D eigenvalue weighted by molar-refractivity contribution is 4.36. The molecule has 14 N–H and O–H groups in total. The van der Waals surface area contributed by atoms with Gasteiger partial charge in [-0.3, -0.25) is 0 Å². The van der Waals surface area contributed by atoms with Gasteiger partial charge in [0.15, 0.2) is 0 Å². The van der Waals surface area contributed by atoms with Crippen molar-refractivity contribution in [2.75, 3.05) is 46.2 Å². The number of rotatable bonds is 7. The number of hydrogen-bond acceptors (Lipinski definition) is 14. The van der Waals surface area contributed by atoms with Crippen LogP contribution in [0, 0.1) is 0 Å². The van der Waals surface area contributed by atoms with E-state index in [4.69, 9.17) is 71.5 Å². The van der Waals surface area contributed by atoms with Crippen LogP contribution in [0.5, 0.6) is 0 Å². The third-order valence-electron chi connectivity index (χ3n) is 1.85. The predicted octanol–water partition coefficient (Wildman–Crippen LogP) is -4.48. The average molecular weight is 533 g/mol. The maximum absolute atomic E-state index is 8.11. The minimum absolute atomic E-state index is 0.139. The molecule has 14 nitrogen and oxygen atoms in total. The molecule has 0 aliphatic rings. The summed E-state index contributed by atoms with van der Waals surface area (Å²) in [7, 11) is 0. The SMILES string of the molecule is CC(O)CO.CC(O)CO.CC(O)CO.CC(O)CO.CC(O)CO.CC(O)CO.CC(O)CO. The largest absolute Gasteiger partial charge is 0.394 e.